The van der Waals surface area contributed by atoms with Crippen molar-refractivity contribution in [2.45, 2.75) is 0 Å². The van der Waals surface area contributed by atoms with Gasteiger partial charge in [-0.1, -0.05) is 23.7 Å². The molecule has 106 valence electrons. The topological polar surface area (TPSA) is 75.6 Å². The summed E-state index contributed by atoms with van der Waals surface area (Å²) in [5.41, 5.74) is 0.626. The molecule has 0 aliphatic carbocycles. The molecule has 0 bridgehead atoms. The van der Waals surface area contributed by atoms with Crippen molar-refractivity contribution in [2.24, 2.45) is 0 Å². The molecule has 0 radical (unpaired) electrons. The van der Waals surface area contributed by atoms with Crippen LogP contribution in [0.3, 0.4) is 0 Å². The maximum atomic E-state index is 11.3. The van der Waals surface area contributed by atoms with Crippen LogP contribution >= 0.6 is 11.6 Å². The van der Waals surface area contributed by atoms with Crippen molar-refractivity contribution in [3.8, 4) is 5.75 Å². The van der Waals surface area contributed by atoms with Gasteiger partial charge in [-0.15, -0.1) is 6.58 Å². The number of nitrogens with one attached hydrogen (secondary N) is 1. The number of hydrogen-bond acceptors (Lipinski definition) is 3. The third kappa shape index (κ3) is 5.58. The van der Waals surface area contributed by atoms with Crippen molar-refractivity contribution in [1.82, 2.24) is 5.32 Å². The highest BCUT2D eigenvalue weighted by Crippen LogP contribution is 2.25. The van der Waals surface area contributed by atoms with E-state index in [1.807, 2.05) is 0 Å². The van der Waals surface area contributed by atoms with E-state index >= 15 is 0 Å². The van der Waals surface area contributed by atoms with E-state index in [9.17, 15) is 9.59 Å². The maximum absolute atomic E-state index is 11.3. The first-order valence-electron chi connectivity index (χ1n) is 5.74. The molecule has 20 heavy (non-hydrogen) atoms. The Morgan fingerprint density at radius 1 is 1.45 bits per heavy atom. The molecule has 2 N–H and O–H groups in total. The second-order valence-corrected chi connectivity index (χ2v) is 4.15. The lowest BCUT2D eigenvalue weighted by Gasteiger charge is -2.08. The average molecular weight is 296 g/mol. The van der Waals surface area contributed by atoms with E-state index in [0.29, 0.717) is 22.9 Å². The van der Waals surface area contributed by atoms with E-state index < -0.39 is 5.97 Å². The largest absolute Gasteiger partial charge is 0.482 e. The van der Waals surface area contributed by atoms with Gasteiger partial charge in [-0.3, -0.25) is 4.79 Å². The van der Waals surface area contributed by atoms with Gasteiger partial charge in [0.1, 0.15) is 5.75 Å². The highest BCUT2D eigenvalue weighted by Gasteiger charge is 2.05. The summed E-state index contributed by atoms with van der Waals surface area (Å²) >= 11 is 5.98. The van der Waals surface area contributed by atoms with E-state index in [-0.39, 0.29) is 12.5 Å². The monoisotopic (exact) mass is 295 g/mol. The van der Waals surface area contributed by atoms with E-state index in [4.69, 9.17) is 21.4 Å². The predicted molar refractivity (Wildman–Crippen MR) is 76.8 cm³/mol. The quantitative estimate of drug-likeness (QED) is 0.597. The molecule has 1 amide bonds. The zero-order chi connectivity index (χ0) is 15.0. The molecule has 1 rings (SSSR count). The van der Waals surface area contributed by atoms with Crippen LogP contribution in [0.15, 0.2) is 36.9 Å². The van der Waals surface area contributed by atoms with Crippen LogP contribution in [0.4, 0.5) is 0 Å². The Morgan fingerprint density at radius 2 is 2.20 bits per heavy atom. The smallest absolute Gasteiger partial charge is 0.328 e. The highest BCUT2D eigenvalue weighted by atomic mass is 35.5. The van der Waals surface area contributed by atoms with Gasteiger partial charge in [0.05, 0.1) is 5.02 Å². The van der Waals surface area contributed by atoms with Gasteiger partial charge >= 0.3 is 5.97 Å². The van der Waals surface area contributed by atoms with Gasteiger partial charge in [-0.05, 0) is 23.8 Å². The second kappa shape index (κ2) is 8.01. The van der Waals surface area contributed by atoms with Gasteiger partial charge in [0.2, 0.25) is 0 Å². The lowest BCUT2D eigenvalue weighted by atomic mass is 10.2. The summed E-state index contributed by atoms with van der Waals surface area (Å²) in [7, 11) is 0. The number of ether oxygens (including phenoxy) is 1. The van der Waals surface area contributed by atoms with Crippen LogP contribution in [-0.2, 0) is 9.59 Å². The molecule has 0 atom stereocenters. The average Bonchev–Trinajstić information content (AvgIpc) is 2.41. The van der Waals surface area contributed by atoms with Gasteiger partial charge in [0, 0.05) is 12.6 Å². The number of hydrogen-bond donors (Lipinski definition) is 2. The van der Waals surface area contributed by atoms with Crippen molar-refractivity contribution in [1.29, 1.82) is 0 Å². The minimum Gasteiger partial charge on any atom is -0.482 e. The number of carboxylic acid groups (broad SMARTS) is 1. The zero-order valence-corrected chi connectivity index (χ0v) is 11.4. The summed E-state index contributed by atoms with van der Waals surface area (Å²) in [4.78, 5) is 21.7. The Morgan fingerprint density at radius 3 is 2.80 bits per heavy atom. The van der Waals surface area contributed by atoms with Gasteiger partial charge < -0.3 is 15.2 Å². The van der Waals surface area contributed by atoms with Crippen LogP contribution in [-0.4, -0.2) is 30.1 Å². The van der Waals surface area contributed by atoms with Gasteiger partial charge in [-0.2, -0.15) is 0 Å². The second-order valence-electron chi connectivity index (χ2n) is 3.74. The Balaban J connectivity index is 2.62. The minimum absolute atomic E-state index is 0.155. The van der Waals surface area contributed by atoms with Crippen molar-refractivity contribution in [3.05, 3.63) is 47.5 Å². The van der Waals surface area contributed by atoms with Crippen LogP contribution in [0.25, 0.3) is 6.08 Å². The lowest BCUT2D eigenvalue weighted by Crippen LogP contribution is -2.28. The van der Waals surface area contributed by atoms with Gasteiger partial charge in [-0.25, -0.2) is 4.79 Å². The molecule has 0 aliphatic rings. The van der Waals surface area contributed by atoms with Gasteiger partial charge in [0.25, 0.3) is 5.91 Å². The molecule has 0 aliphatic heterocycles. The van der Waals surface area contributed by atoms with Crippen molar-refractivity contribution >= 4 is 29.6 Å². The van der Waals surface area contributed by atoms with Gasteiger partial charge in [0.15, 0.2) is 6.61 Å². The number of amides is 1. The molecular formula is C14H14ClNO4. The Hall–Kier alpha value is -2.27. The third-order valence-electron chi connectivity index (χ3n) is 2.18. The molecule has 6 heteroatoms. The maximum Gasteiger partial charge on any atom is 0.328 e. The molecule has 5 nitrogen and oxygen atoms in total. The number of benzene rings is 1. The first-order chi connectivity index (χ1) is 9.52. The molecule has 0 heterocycles. The molecule has 0 saturated carbocycles. The van der Waals surface area contributed by atoms with Crippen molar-refractivity contribution in [3.63, 3.8) is 0 Å². The van der Waals surface area contributed by atoms with Crippen LogP contribution < -0.4 is 10.1 Å². The molecule has 0 aromatic heterocycles. The Labute approximate surface area is 121 Å². The summed E-state index contributed by atoms with van der Waals surface area (Å²) < 4.78 is 5.26. The Kier molecular flexibility index (Phi) is 6.32. The molecular weight excluding hydrogens is 282 g/mol. The SMILES string of the molecule is C=CCNC(=O)COc1ccc(C=CC(=O)O)cc1Cl. The molecule has 0 saturated heterocycles. The predicted octanol–water partition coefficient (Wildman–Crippen LogP) is 2.12. The van der Waals surface area contributed by atoms with Crippen LogP contribution in [0.5, 0.6) is 5.75 Å². The molecule has 1 aromatic rings. The number of halogens is 1. The molecule has 0 fully saturated rings. The molecule has 1 aromatic carbocycles. The fraction of sp³-hybridized carbons (Fsp3) is 0.143. The van der Waals surface area contributed by atoms with E-state index in [0.717, 1.165) is 6.08 Å². The standard InChI is InChI=1S/C14H14ClNO4/c1-2-7-16-13(17)9-20-12-5-3-10(8-11(12)15)4-6-14(18)19/h2-6,8H,1,7,9H2,(H,16,17)(H,18,19). The number of carbonyl (C=O) groups excluding carboxylic acids is 1. The molecule has 0 spiro atoms. The van der Waals surface area contributed by atoms with Crippen LogP contribution in [0, 0.1) is 0 Å². The number of rotatable bonds is 7. The van der Waals surface area contributed by atoms with Crippen molar-refractivity contribution in [2.75, 3.05) is 13.2 Å². The fourth-order valence-corrected chi connectivity index (χ4v) is 1.53. The minimum atomic E-state index is -1.04. The normalized spacial score (nSPS) is 10.2. The number of carbonyl (C=O) groups is 2. The number of carboxylic acids is 1. The lowest BCUT2D eigenvalue weighted by molar-refractivity contribution is -0.131. The van der Waals surface area contributed by atoms with E-state index in [2.05, 4.69) is 11.9 Å². The van der Waals surface area contributed by atoms with E-state index in [1.165, 1.54) is 6.08 Å². The Bertz CT molecular complexity index is 540. The summed E-state index contributed by atoms with van der Waals surface area (Å²) in [5.74, 6) is -0.968. The van der Waals surface area contributed by atoms with Crippen LogP contribution in [0.2, 0.25) is 5.02 Å². The molecule has 0 unspecified atom stereocenters. The summed E-state index contributed by atoms with van der Waals surface area (Å²) in [6.45, 7) is 3.69. The third-order valence-corrected chi connectivity index (χ3v) is 2.47. The first kappa shape index (κ1) is 15.8. The highest BCUT2D eigenvalue weighted by molar-refractivity contribution is 6.32. The van der Waals surface area contributed by atoms with E-state index in [1.54, 1.807) is 24.3 Å². The summed E-state index contributed by atoms with van der Waals surface area (Å²) in [6, 6.07) is 4.77. The van der Waals surface area contributed by atoms with Crippen molar-refractivity contribution < 1.29 is 19.4 Å². The summed E-state index contributed by atoms with van der Waals surface area (Å²) in [6.07, 6.45) is 3.98. The van der Waals surface area contributed by atoms with Crippen LogP contribution in [0.1, 0.15) is 5.56 Å². The fourth-order valence-electron chi connectivity index (χ4n) is 1.29. The zero-order valence-electron chi connectivity index (χ0n) is 10.6. The number of aliphatic carboxylic acids is 1. The first-order valence-corrected chi connectivity index (χ1v) is 6.11. The summed E-state index contributed by atoms with van der Waals surface area (Å²) in [5, 5.41) is 11.4.